The summed E-state index contributed by atoms with van der Waals surface area (Å²) in [5, 5.41) is 4.58. The van der Waals surface area contributed by atoms with Gasteiger partial charge in [-0.05, 0) is 30.9 Å². The van der Waals surface area contributed by atoms with E-state index < -0.39 is 11.6 Å². The molecule has 2 unspecified atom stereocenters. The van der Waals surface area contributed by atoms with Crippen LogP contribution in [-0.4, -0.2) is 50.8 Å². The molecule has 2 saturated heterocycles. The number of aromatic amines is 1. The molecule has 0 radical (unpaired) electrons. The molecule has 1 aromatic carbocycles. The van der Waals surface area contributed by atoms with Crippen molar-refractivity contribution in [2.45, 2.75) is 38.1 Å². The molecule has 2 aromatic heterocycles. The Kier molecular flexibility index (Phi) is 5.73. The molecule has 32 heavy (non-hydrogen) atoms. The predicted octanol–water partition coefficient (Wildman–Crippen LogP) is 3.48. The Balaban J connectivity index is 1.43. The maximum atomic E-state index is 14.3. The van der Waals surface area contributed by atoms with Crippen LogP contribution in [-0.2, 0) is 11.3 Å². The number of imidazole rings is 1. The van der Waals surface area contributed by atoms with Gasteiger partial charge >= 0.3 is 0 Å². The Morgan fingerprint density at radius 1 is 1.22 bits per heavy atom. The van der Waals surface area contributed by atoms with Crippen LogP contribution in [0.5, 0.6) is 0 Å². The van der Waals surface area contributed by atoms with Crippen LogP contribution in [0.3, 0.4) is 0 Å². The number of nitrogens with zero attached hydrogens (tertiary/aromatic N) is 4. The van der Waals surface area contributed by atoms with Gasteiger partial charge in [0, 0.05) is 50.2 Å². The molecule has 3 aromatic rings. The molecule has 2 aliphatic heterocycles. The summed E-state index contributed by atoms with van der Waals surface area (Å²) >= 11 is 6.01. The van der Waals surface area contributed by atoms with E-state index in [1.165, 1.54) is 0 Å². The highest BCUT2D eigenvalue weighted by molar-refractivity contribution is 6.31. The number of hydrogen-bond donors (Lipinski definition) is 1. The van der Waals surface area contributed by atoms with Crippen molar-refractivity contribution in [2.24, 2.45) is 5.92 Å². The van der Waals surface area contributed by atoms with Crippen molar-refractivity contribution < 1.29 is 13.5 Å². The maximum Gasteiger partial charge on any atom is 0.276 e. The number of halogens is 3. The summed E-state index contributed by atoms with van der Waals surface area (Å²) in [6.45, 7) is 4.78. The van der Waals surface area contributed by atoms with E-state index in [1.807, 2.05) is 4.90 Å². The standard InChI is InChI=1S/C22H24ClF2N5O2/c1-12-9-29(11-15-16(24)2-3-17(25)19(15)23)10-14(12)20-27-22(31)18-8-26-21(30(18)28-20)13-4-6-32-7-5-13/h2-3,8,12-14H,4-7,9-11H2,1H3,(H,27,28,31). The molecule has 4 heterocycles. The molecule has 2 fully saturated rings. The van der Waals surface area contributed by atoms with Gasteiger partial charge in [-0.15, -0.1) is 0 Å². The lowest BCUT2D eigenvalue weighted by molar-refractivity contribution is 0.0832. The Hall–Kier alpha value is -2.36. The Morgan fingerprint density at radius 3 is 2.75 bits per heavy atom. The number of hydrogen-bond acceptors (Lipinski definition) is 5. The minimum Gasteiger partial charge on any atom is -0.381 e. The Bertz CT molecular complexity index is 1210. The Morgan fingerprint density at radius 2 is 1.97 bits per heavy atom. The van der Waals surface area contributed by atoms with E-state index in [2.05, 4.69) is 16.9 Å². The molecule has 7 nitrogen and oxygen atoms in total. The first kappa shape index (κ1) is 21.5. The van der Waals surface area contributed by atoms with Crippen LogP contribution in [0.1, 0.15) is 48.8 Å². The number of likely N-dealkylation sites (tertiary alicyclic amines) is 1. The van der Waals surface area contributed by atoms with Gasteiger partial charge in [0.05, 0.1) is 11.2 Å². The smallest absolute Gasteiger partial charge is 0.276 e. The van der Waals surface area contributed by atoms with Gasteiger partial charge in [-0.25, -0.2) is 18.3 Å². The van der Waals surface area contributed by atoms with Crippen LogP contribution in [0.2, 0.25) is 5.02 Å². The van der Waals surface area contributed by atoms with Crippen molar-refractivity contribution in [3.05, 3.63) is 62.6 Å². The van der Waals surface area contributed by atoms with E-state index in [9.17, 15) is 13.6 Å². The van der Waals surface area contributed by atoms with Crippen molar-refractivity contribution in [2.75, 3.05) is 26.3 Å². The van der Waals surface area contributed by atoms with Gasteiger partial charge in [-0.1, -0.05) is 18.5 Å². The zero-order valence-electron chi connectivity index (χ0n) is 17.7. The maximum absolute atomic E-state index is 14.3. The number of benzene rings is 1. The van der Waals surface area contributed by atoms with Crippen molar-refractivity contribution in [1.82, 2.24) is 24.5 Å². The van der Waals surface area contributed by atoms with Gasteiger partial charge in [-0.3, -0.25) is 9.69 Å². The monoisotopic (exact) mass is 463 g/mol. The summed E-state index contributed by atoms with van der Waals surface area (Å²) in [6, 6.07) is 2.12. The topological polar surface area (TPSA) is 75.5 Å². The first-order valence-electron chi connectivity index (χ1n) is 10.8. The van der Waals surface area contributed by atoms with Crippen LogP contribution in [0, 0.1) is 17.6 Å². The molecule has 0 bridgehead atoms. The average molecular weight is 464 g/mol. The lowest BCUT2D eigenvalue weighted by Crippen LogP contribution is -2.24. The van der Waals surface area contributed by atoms with Crippen LogP contribution in [0.4, 0.5) is 8.78 Å². The number of fused-ring (bicyclic) bond motifs is 1. The molecule has 170 valence electrons. The second-order valence-corrected chi connectivity index (χ2v) is 9.12. The summed E-state index contributed by atoms with van der Waals surface area (Å²) < 4.78 is 35.2. The molecule has 2 atom stereocenters. The number of ether oxygens (including phenoxy) is 1. The summed E-state index contributed by atoms with van der Waals surface area (Å²) in [5.41, 5.74) is 0.338. The first-order chi connectivity index (χ1) is 15.4. The van der Waals surface area contributed by atoms with Crippen molar-refractivity contribution in [1.29, 1.82) is 0 Å². The third-order valence-electron chi connectivity index (χ3n) is 6.59. The van der Waals surface area contributed by atoms with Crippen LogP contribution in [0.25, 0.3) is 5.52 Å². The average Bonchev–Trinajstić information content (AvgIpc) is 3.38. The lowest BCUT2D eigenvalue weighted by atomic mass is 9.97. The van der Waals surface area contributed by atoms with Gasteiger partial charge in [0.2, 0.25) is 0 Å². The van der Waals surface area contributed by atoms with Crippen LogP contribution < -0.4 is 5.56 Å². The van der Waals surface area contributed by atoms with E-state index in [4.69, 9.17) is 21.4 Å². The highest BCUT2D eigenvalue weighted by Crippen LogP contribution is 2.33. The van der Waals surface area contributed by atoms with E-state index in [1.54, 1.807) is 10.7 Å². The minimum atomic E-state index is -0.635. The second kappa shape index (κ2) is 8.53. The third kappa shape index (κ3) is 3.82. The number of rotatable bonds is 4. The van der Waals surface area contributed by atoms with Gasteiger partial charge < -0.3 is 9.72 Å². The van der Waals surface area contributed by atoms with E-state index in [-0.39, 0.29) is 40.4 Å². The van der Waals surface area contributed by atoms with E-state index in [0.717, 1.165) is 30.8 Å². The van der Waals surface area contributed by atoms with Gasteiger partial charge in [0.15, 0.2) is 5.52 Å². The normalized spacial score (nSPS) is 22.8. The molecular formula is C22H24ClF2N5O2. The largest absolute Gasteiger partial charge is 0.381 e. The summed E-state index contributed by atoms with van der Waals surface area (Å²) in [7, 11) is 0. The fraction of sp³-hybridized carbons (Fsp3) is 0.500. The molecule has 1 N–H and O–H groups in total. The van der Waals surface area contributed by atoms with Crippen LogP contribution >= 0.6 is 11.6 Å². The molecule has 5 rings (SSSR count). The first-order valence-corrected chi connectivity index (χ1v) is 11.2. The number of H-pyrrole nitrogens is 1. The molecule has 0 spiro atoms. The predicted molar refractivity (Wildman–Crippen MR) is 115 cm³/mol. The number of aromatic nitrogens is 4. The Labute approximate surface area is 188 Å². The quantitative estimate of drug-likeness (QED) is 0.599. The molecular weight excluding hydrogens is 440 g/mol. The summed E-state index contributed by atoms with van der Waals surface area (Å²) in [4.78, 5) is 22.2. The molecule has 0 saturated carbocycles. The fourth-order valence-electron chi connectivity index (χ4n) is 4.82. The van der Waals surface area contributed by atoms with Crippen molar-refractivity contribution in [3.63, 3.8) is 0 Å². The molecule has 0 amide bonds. The second-order valence-electron chi connectivity index (χ2n) is 8.74. The highest BCUT2D eigenvalue weighted by Gasteiger charge is 2.34. The summed E-state index contributed by atoms with van der Waals surface area (Å²) in [5.74, 6) is 0.489. The molecule has 10 heteroatoms. The zero-order chi connectivity index (χ0) is 22.4. The SMILES string of the molecule is CC1CN(Cc2c(F)ccc(F)c2Cl)CC1c1nn2c(C3CCOCC3)ncc2c(=O)[nH]1. The van der Waals surface area contributed by atoms with Crippen molar-refractivity contribution in [3.8, 4) is 0 Å². The minimum absolute atomic E-state index is 0.0626. The highest BCUT2D eigenvalue weighted by atomic mass is 35.5. The lowest BCUT2D eigenvalue weighted by Gasteiger charge is -2.21. The molecule has 2 aliphatic rings. The number of nitrogens with one attached hydrogen (secondary N) is 1. The van der Waals surface area contributed by atoms with E-state index in [0.29, 0.717) is 37.6 Å². The zero-order valence-corrected chi connectivity index (χ0v) is 18.4. The van der Waals surface area contributed by atoms with Crippen LogP contribution in [0.15, 0.2) is 23.1 Å². The third-order valence-corrected chi connectivity index (χ3v) is 7.00. The van der Waals surface area contributed by atoms with Gasteiger partial charge in [0.1, 0.15) is 23.3 Å². The van der Waals surface area contributed by atoms with Gasteiger partial charge in [-0.2, -0.15) is 5.10 Å². The van der Waals surface area contributed by atoms with E-state index >= 15 is 0 Å². The van der Waals surface area contributed by atoms with Gasteiger partial charge in [0.25, 0.3) is 5.56 Å². The summed E-state index contributed by atoms with van der Waals surface area (Å²) in [6.07, 6.45) is 3.26. The fourth-order valence-corrected chi connectivity index (χ4v) is 5.04. The van der Waals surface area contributed by atoms with Crippen molar-refractivity contribution >= 4 is 17.1 Å². The molecule has 0 aliphatic carbocycles.